The van der Waals surface area contributed by atoms with Crippen molar-refractivity contribution < 1.29 is 23.1 Å². The fraction of sp³-hybridized carbons (Fsp3) is 0.0833. The number of anilines is 2. The van der Waals surface area contributed by atoms with E-state index >= 15 is 0 Å². The van der Waals surface area contributed by atoms with Gasteiger partial charge in [-0.2, -0.15) is 13.2 Å². The Hall–Kier alpha value is -2.64. The lowest BCUT2D eigenvalue weighted by Crippen LogP contribution is -2.07. The lowest BCUT2D eigenvalue weighted by atomic mass is 10.2. The number of carboxylic acid groups (broad SMARTS) is 1. The minimum Gasteiger partial charge on any atom is -0.477 e. The van der Waals surface area contributed by atoms with Crippen LogP contribution in [0, 0.1) is 0 Å². The molecule has 1 aromatic carbocycles. The van der Waals surface area contributed by atoms with Crippen LogP contribution in [0.5, 0.6) is 0 Å². The number of hydrogen-bond donors (Lipinski definition) is 2. The highest BCUT2D eigenvalue weighted by Gasteiger charge is 2.29. The number of carboxylic acids is 1. The van der Waals surface area contributed by atoms with Crippen LogP contribution in [0.1, 0.15) is 15.9 Å². The van der Waals surface area contributed by atoms with Gasteiger partial charge in [-0.3, -0.25) is 0 Å². The van der Waals surface area contributed by atoms with E-state index in [1.165, 1.54) is 12.1 Å². The van der Waals surface area contributed by atoms with E-state index in [2.05, 4.69) is 15.3 Å². The van der Waals surface area contributed by atoms with Gasteiger partial charge in [0.15, 0.2) is 0 Å². The molecule has 0 aliphatic carbocycles. The first-order valence-corrected chi connectivity index (χ1v) is 5.35. The number of halogens is 3. The summed E-state index contributed by atoms with van der Waals surface area (Å²) >= 11 is 0. The van der Waals surface area contributed by atoms with Gasteiger partial charge in [0.25, 0.3) is 0 Å². The minimum absolute atomic E-state index is 0.00672. The quantitative estimate of drug-likeness (QED) is 0.905. The zero-order valence-electron chi connectivity index (χ0n) is 9.85. The van der Waals surface area contributed by atoms with E-state index in [0.29, 0.717) is 5.69 Å². The molecule has 2 N–H and O–H groups in total. The summed E-state index contributed by atoms with van der Waals surface area (Å²) in [5.41, 5.74) is -0.671. The minimum atomic E-state index is -4.42. The highest BCUT2D eigenvalue weighted by Crippen LogP contribution is 2.30. The van der Waals surface area contributed by atoms with E-state index < -0.39 is 17.7 Å². The van der Waals surface area contributed by atoms with Gasteiger partial charge >= 0.3 is 12.1 Å². The average molecular weight is 283 g/mol. The Balaban J connectivity index is 2.25. The molecule has 0 amide bonds. The van der Waals surface area contributed by atoms with E-state index in [4.69, 9.17) is 5.11 Å². The largest absolute Gasteiger partial charge is 0.477 e. The summed E-state index contributed by atoms with van der Waals surface area (Å²) in [7, 11) is 0. The van der Waals surface area contributed by atoms with Gasteiger partial charge in [0.2, 0.25) is 0 Å². The number of alkyl halides is 3. The number of aromatic nitrogens is 2. The van der Waals surface area contributed by atoms with E-state index in [-0.39, 0.29) is 11.4 Å². The van der Waals surface area contributed by atoms with E-state index in [1.807, 2.05) is 0 Å². The van der Waals surface area contributed by atoms with Crippen molar-refractivity contribution in [2.75, 3.05) is 5.32 Å². The molecule has 0 unspecified atom stereocenters. The Morgan fingerprint density at radius 1 is 1.20 bits per heavy atom. The fourth-order valence-electron chi connectivity index (χ4n) is 1.47. The van der Waals surface area contributed by atoms with E-state index in [0.717, 1.165) is 24.7 Å². The number of hydrogen-bond acceptors (Lipinski definition) is 4. The van der Waals surface area contributed by atoms with Crippen LogP contribution in [0.3, 0.4) is 0 Å². The molecule has 0 radical (unpaired) electrons. The summed E-state index contributed by atoms with van der Waals surface area (Å²) in [6.07, 6.45) is -2.18. The molecule has 5 nitrogen and oxygen atoms in total. The van der Waals surface area contributed by atoms with Gasteiger partial charge in [-0.1, -0.05) is 0 Å². The molecule has 0 bridgehead atoms. The van der Waals surface area contributed by atoms with Gasteiger partial charge in [0.1, 0.15) is 17.7 Å². The van der Waals surface area contributed by atoms with Gasteiger partial charge in [0, 0.05) is 11.9 Å². The standard InChI is InChI=1S/C12H8F3N3O2/c13-12(14,15)7-1-3-8(4-2-7)18-10-9(11(19)20)5-16-6-17-10/h1-6H,(H,19,20)(H,16,17,18). The van der Waals surface area contributed by atoms with Crippen LogP contribution in [-0.2, 0) is 6.18 Å². The normalized spacial score (nSPS) is 11.2. The van der Waals surface area contributed by atoms with E-state index in [1.54, 1.807) is 0 Å². The number of rotatable bonds is 3. The van der Waals surface area contributed by atoms with Crippen LogP contribution in [0.15, 0.2) is 36.8 Å². The summed E-state index contributed by atoms with van der Waals surface area (Å²) in [5.74, 6) is -1.23. The van der Waals surface area contributed by atoms with Crippen molar-refractivity contribution in [3.05, 3.63) is 47.9 Å². The lowest BCUT2D eigenvalue weighted by Gasteiger charge is -2.10. The first-order chi connectivity index (χ1) is 9.38. The molecule has 0 aliphatic heterocycles. The lowest BCUT2D eigenvalue weighted by molar-refractivity contribution is -0.137. The highest BCUT2D eigenvalue weighted by atomic mass is 19.4. The molecule has 2 aromatic rings. The molecule has 0 saturated heterocycles. The second-order valence-electron chi connectivity index (χ2n) is 3.79. The predicted molar refractivity (Wildman–Crippen MR) is 63.7 cm³/mol. The first kappa shape index (κ1) is 13.8. The Morgan fingerprint density at radius 2 is 1.85 bits per heavy atom. The molecule has 2 rings (SSSR count). The molecule has 104 valence electrons. The molecule has 1 aromatic heterocycles. The summed E-state index contributed by atoms with van der Waals surface area (Å²) in [5, 5.41) is 11.6. The Kier molecular flexibility index (Phi) is 3.55. The van der Waals surface area contributed by atoms with E-state index in [9.17, 15) is 18.0 Å². The molecule has 0 atom stereocenters. The van der Waals surface area contributed by atoms with Gasteiger partial charge in [-0.05, 0) is 24.3 Å². The van der Waals surface area contributed by atoms with Crippen molar-refractivity contribution in [2.24, 2.45) is 0 Å². The third-order valence-electron chi connectivity index (χ3n) is 2.42. The zero-order valence-corrected chi connectivity index (χ0v) is 9.85. The molecule has 20 heavy (non-hydrogen) atoms. The van der Waals surface area contributed by atoms with Crippen molar-refractivity contribution >= 4 is 17.5 Å². The fourth-order valence-corrected chi connectivity index (χ4v) is 1.47. The maximum absolute atomic E-state index is 12.4. The van der Waals surface area contributed by atoms with Crippen LogP contribution in [-0.4, -0.2) is 21.0 Å². The number of nitrogens with zero attached hydrogens (tertiary/aromatic N) is 2. The van der Waals surface area contributed by atoms with Crippen molar-refractivity contribution in [3.63, 3.8) is 0 Å². The Morgan fingerprint density at radius 3 is 2.40 bits per heavy atom. The zero-order chi connectivity index (χ0) is 14.8. The van der Waals surface area contributed by atoms with Crippen molar-refractivity contribution in [3.8, 4) is 0 Å². The molecule has 1 heterocycles. The van der Waals surface area contributed by atoms with Crippen LogP contribution in [0.4, 0.5) is 24.7 Å². The summed E-state index contributed by atoms with van der Waals surface area (Å²) in [4.78, 5) is 18.2. The third kappa shape index (κ3) is 3.02. The second kappa shape index (κ2) is 5.16. The topological polar surface area (TPSA) is 75.1 Å². The van der Waals surface area contributed by atoms with Crippen molar-refractivity contribution in [2.45, 2.75) is 6.18 Å². The molecule has 8 heteroatoms. The maximum atomic E-state index is 12.4. The van der Waals surface area contributed by atoms with Crippen LogP contribution in [0.25, 0.3) is 0 Å². The van der Waals surface area contributed by atoms with Crippen molar-refractivity contribution in [1.82, 2.24) is 9.97 Å². The monoisotopic (exact) mass is 283 g/mol. The van der Waals surface area contributed by atoms with Gasteiger partial charge in [0.05, 0.1) is 5.56 Å². The van der Waals surface area contributed by atoms with Crippen LogP contribution >= 0.6 is 0 Å². The molecule has 0 fully saturated rings. The van der Waals surface area contributed by atoms with Crippen molar-refractivity contribution in [1.29, 1.82) is 0 Å². The van der Waals surface area contributed by atoms with Crippen LogP contribution < -0.4 is 5.32 Å². The Bertz CT molecular complexity index is 627. The molecule has 0 saturated carbocycles. The smallest absolute Gasteiger partial charge is 0.416 e. The SMILES string of the molecule is O=C(O)c1cncnc1Nc1ccc(C(F)(F)F)cc1. The van der Waals surface area contributed by atoms with Gasteiger partial charge in [-0.15, -0.1) is 0 Å². The number of benzene rings is 1. The molecule has 0 aliphatic rings. The summed E-state index contributed by atoms with van der Waals surface area (Å²) in [6, 6.07) is 4.17. The first-order valence-electron chi connectivity index (χ1n) is 5.35. The third-order valence-corrected chi connectivity index (χ3v) is 2.42. The maximum Gasteiger partial charge on any atom is 0.416 e. The molecular formula is C12H8F3N3O2. The summed E-state index contributed by atoms with van der Waals surface area (Å²) in [6.45, 7) is 0. The number of aromatic carboxylic acids is 1. The second-order valence-corrected chi connectivity index (χ2v) is 3.79. The highest BCUT2D eigenvalue weighted by molar-refractivity contribution is 5.93. The predicted octanol–water partition coefficient (Wildman–Crippen LogP) is 2.94. The van der Waals surface area contributed by atoms with Crippen LogP contribution in [0.2, 0.25) is 0 Å². The summed E-state index contributed by atoms with van der Waals surface area (Å²) < 4.78 is 37.2. The average Bonchev–Trinajstić information content (AvgIpc) is 2.38. The molecule has 0 spiro atoms. The number of nitrogens with one attached hydrogen (secondary N) is 1. The van der Waals surface area contributed by atoms with Gasteiger partial charge < -0.3 is 10.4 Å². The molecular weight excluding hydrogens is 275 g/mol. The van der Waals surface area contributed by atoms with Gasteiger partial charge in [-0.25, -0.2) is 14.8 Å². The Labute approximate surface area is 111 Å². The number of carbonyl (C=O) groups is 1.